The number of aryl methyl sites for hydroxylation is 1. The minimum absolute atomic E-state index is 0.107. The molecule has 2 heterocycles. The van der Waals surface area contributed by atoms with Crippen molar-refractivity contribution in [1.29, 1.82) is 0 Å². The molecular formula is C18H23N3O2S. The molecule has 24 heavy (non-hydrogen) atoms. The molecule has 1 aliphatic rings. The Balaban J connectivity index is 1.61. The number of carbonyl (C=O) groups is 1. The smallest absolute Gasteiger partial charge is 0.323 e. The standard InChI is InChI=1S/C18H23N3O2S/c1-12-5-3-4-6-15(12)16-11-19-17(24-16)20-18(23)21-9-7-14(8-10-21)13(2)22/h3-6,11,13-14,22H,7-10H2,1-2H3,(H,19,20,23). The maximum absolute atomic E-state index is 12.4. The molecule has 0 saturated carbocycles. The lowest BCUT2D eigenvalue weighted by Gasteiger charge is -2.32. The average Bonchev–Trinajstić information content (AvgIpc) is 3.03. The molecule has 1 fully saturated rings. The highest BCUT2D eigenvalue weighted by Gasteiger charge is 2.25. The first-order valence-corrected chi connectivity index (χ1v) is 9.12. The molecule has 5 nitrogen and oxygen atoms in total. The van der Waals surface area contributed by atoms with Gasteiger partial charge in [0.05, 0.1) is 11.0 Å². The van der Waals surface area contributed by atoms with E-state index in [1.54, 1.807) is 4.90 Å². The number of aliphatic hydroxyl groups is 1. The molecule has 1 aromatic carbocycles. The third-order valence-electron chi connectivity index (χ3n) is 4.64. The molecule has 0 aliphatic carbocycles. The van der Waals surface area contributed by atoms with Crippen molar-refractivity contribution >= 4 is 22.5 Å². The highest BCUT2D eigenvalue weighted by molar-refractivity contribution is 7.19. The molecule has 6 heteroatoms. The van der Waals surface area contributed by atoms with E-state index in [1.165, 1.54) is 16.9 Å². The van der Waals surface area contributed by atoms with Crippen LogP contribution in [0.5, 0.6) is 0 Å². The van der Waals surface area contributed by atoms with Crippen molar-refractivity contribution in [3.8, 4) is 10.4 Å². The predicted molar refractivity (Wildman–Crippen MR) is 97.3 cm³/mol. The second-order valence-electron chi connectivity index (χ2n) is 6.34. The Morgan fingerprint density at radius 2 is 2.08 bits per heavy atom. The predicted octanol–water partition coefficient (Wildman–Crippen LogP) is 3.74. The van der Waals surface area contributed by atoms with E-state index in [1.807, 2.05) is 25.3 Å². The van der Waals surface area contributed by atoms with Crippen molar-refractivity contribution in [2.24, 2.45) is 5.92 Å². The summed E-state index contributed by atoms with van der Waals surface area (Å²) >= 11 is 1.49. The third-order valence-corrected chi connectivity index (χ3v) is 5.59. The van der Waals surface area contributed by atoms with E-state index < -0.39 is 0 Å². The van der Waals surface area contributed by atoms with Crippen LogP contribution < -0.4 is 5.32 Å². The summed E-state index contributed by atoms with van der Waals surface area (Å²) in [6.07, 6.45) is 3.20. The number of piperidine rings is 1. The number of hydrogen-bond donors (Lipinski definition) is 2. The van der Waals surface area contributed by atoms with Crippen LogP contribution in [-0.4, -0.2) is 40.2 Å². The number of carbonyl (C=O) groups excluding carboxylic acids is 1. The quantitative estimate of drug-likeness (QED) is 0.890. The Bertz CT molecular complexity index is 706. The molecule has 0 spiro atoms. The summed E-state index contributed by atoms with van der Waals surface area (Å²) in [6.45, 7) is 5.25. The molecule has 1 unspecified atom stereocenters. The molecule has 2 aromatic rings. The van der Waals surface area contributed by atoms with Crippen LogP contribution in [0.1, 0.15) is 25.3 Å². The maximum Gasteiger partial charge on any atom is 0.323 e. The molecule has 1 atom stereocenters. The largest absolute Gasteiger partial charge is 0.393 e. The van der Waals surface area contributed by atoms with Crippen molar-refractivity contribution in [3.63, 3.8) is 0 Å². The van der Waals surface area contributed by atoms with Crippen molar-refractivity contribution in [2.75, 3.05) is 18.4 Å². The van der Waals surface area contributed by atoms with E-state index in [0.717, 1.165) is 23.3 Å². The second kappa shape index (κ2) is 7.32. The summed E-state index contributed by atoms with van der Waals surface area (Å²) in [5.41, 5.74) is 2.34. The number of thiazole rings is 1. The lowest BCUT2D eigenvalue weighted by atomic mass is 9.92. The molecule has 1 aromatic heterocycles. The van der Waals surface area contributed by atoms with Gasteiger partial charge in [0.25, 0.3) is 0 Å². The first-order valence-electron chi connectivity index (χ1n) is 8.30. The molecule has 2 amide bonds. The van der Waals surface area contributed by atoms with Crippen molar-refractivity contribution in [3.05, 3.63) is 36.0 Å². The summed E-state index contributed by atoms with van der Waals surface area (Å²) < 4.78 is 0. The van der Waals surface area contributed by atoms with Gasteiger partial charge in [0.15, 0.2) is 5.13 Å². The van der Waals surface area contributed by atoms with Crippen LogP contribution in [0.3, 0.4) is 0 Å². The zero-order valence-electron chi connectivity index (χ0n) is 14.0. The monoisotopic (exact) mass is 345 g/mol. The number of amides is 2. The number of nitrogens with zero attached hydrogens (tertiary/aromatic N) is 2. The number of anilines is 1. The molecule has 1 aliphatic heterocycles. The number of likely N-dealkylation sites (tertiary alicyclic amines) is 1. The van der Waals surface area contributed by atoms with Crippen LogP contribution in [0.2, 0.25) is 0 Å². The number of aliphatic hydroxyl groups excluding tert-OH is 1. The van der Waals surface area contributed by atoms with Gasteiger partial charge in [-0.2, -0.15) is 0 Å². The zero-order valence-corrected chi connectivity index (χ0v) is 14.8. The summed E-state index contributed by atoms with van der Waals surface area (Å²) in [7, 11) is 0. The molecule has 128 valence electrons. The van der Waals surface area contributed by atoms with Crippen LogP contribution in [0.15, 0.2) is 30.5 Å². The fraction of sp³-hybridized carbons (Fsp3) is 0.444. The Kier molecular flexibility index (Phi) is 5.16. The SMILES string of the molecule is Cc1ccccc1-c1cnc(NC(=O)N2CCC(C(C)O)CC2)s1. The van der Waals surface area contributed by atoms with E-state index >= 15 is 0 Å². The van der Waals surface area contributed by atoms with Gasteiger partial charge in [-0.25, -0.2) is 9.78 Å². The van der Waals surface area contributed by atoms with Crippen LogP contribution in [0.4, 0.5) is 9.93 Å². The van der Waals surface area contributed by atoms with Gasteiger partial charge in [-0.15, -0.1) is 0 Å². The Hall–Kier alpha value is -1.92. The number of hydrogen-bond acceptors (Lipinski definition) is 4. The van der Waals surface area contributed by atoms with Crippen LogP contribution in [0.25, 0.3) is 10.4 Å². The van der Waals surface area contributed by atoms with E-state index in [9.17, 15) is 9.90 Å². The average molecular weight is 345 g/mol. The first-order chi connectivity index (χ1) is 11.5. The van der Waals surface area contributed by atoms with E-state index in [0.29, 0.717) is 24.1 Å². The second-order valence-corrected chi connectivity index (χ2v) is 7.37. The fourth-order valence-electron chi connectivity index (χ4n) is 3.06. The van der Waals surface area contributed by atoms with Gasteiger partial charge >= 0.3 is 6.03 Å². The first kappa shape index (κ1) is 16.9. The number of rotatable bonds is 3. The molecule has 2 N–H and O–H groups in total. The lowest BCUT2D eigenvalue weighted by Crippen LogP contribution is -2.42. The minimum Gasteiger partial charge on any atom is -0.393 e. The van der Waals surface area contributed by atoms with Gasteiger partial charge in [0.1, 0.15) is 0 Å². The van der Waals surface area contributed by atoms with E-state index in [2.05, 4.69) is 29.4 Å². The van der Waals surface area contributed by atoms with Gasteiger partial charge in [0, 0.05) is 19.3 Å². The van der Waals surface area contributed by atoms with Gasteiger partial charge in [-0.3, -0.25) is 5.32 Å². The van der Waals surface area contributed by atoms with Crippen LogP contribution in [0, 0.1) is 12.8 Å². The van der Waals surface area contributed by atoms with Crippen molar-refractivity contribution in [2.45, 2.75) is 32.8 Å². The third kappa shape index (κ3) is 3.76. The summed E-state index contributed by atoms with van der Waals surface area (Å²) in [4.78, 5) is 19.6. The fourth-order valence-corrected chi connectivity index (χ4v) is 3.96. The van der Waals surface area contributed by atoms with Crippen LogP contribution >= 0.6 is 11.3 Å². The summed E-state index contributed by atoms with van der Waals surface area (Å²) in [5, 5.41) is 13.2. The molecule has 0 radical (unpaired) electrons. The van der Waals surface area contributed by atoms with Crippen molar-refractivity contribution < 1.29 is 9.90 Å². The zero-order chi connectivity index (χ0) is 17.1. The minimum atomic E-state index is -0.300. The normalized spacial score (nSPS) is 16.9. The Morgan fingerprint density at radius 1 is 1.38 bits per heavy atom. The highest BCUT2D eigenvalue weighted by atomic mass is 32.1. The number of aromatic nitrogens is 1. The molecular weight excluding hydrogens is 322 g/mol. The van der Waals surface area contributed by atoms with Gasteiger partial charge in [-0.1, -0.05) is 35.6 Å². The number of urea groups is 1. The number of nitrogens with one attached hydrogen (secondary N) is 1. The summed E-state index contributed by atoms with van der Waals surface area (Å²) in [5.74, 6) is 0.293. The highest BCUT2D eigenvalue weighted by Crippen LogP contribution is 2.31. The maximum atomic E-state index is 12.4. The Labute approximate surface area is 146 Å². The van der Waals surface area contributed by atoms with Gasteiger partial charge in [-0.05, 0) is 43.7 Å². The van der Waals surface area contributed by atoms with Gasteiger partial charge < -0.3 is 10.0 Å². The molecule has 0 bridgehead atoms. The van der Waals surface area contributed by atoms with Gasteiger partial charge in [0.2, 0.25) is 0 Å². The van der Waals surface area contributed by atoms with Crippen molar-refractivity contribution in [1.82, 2.24) is 9.88 Å². The lowest BCUT2D eigenvalue weighted by molar-refractivity contribution is 0.0820. The van der Waals surface area contributed by atoms with Crippen LogP contribution in [-0.2, 0) is 0 Å². The van der Waals surface area contributed by atoms with E-state index in [4.69, 9.17) is 0 Å². The molecule has 1 saturated heterocycles. The Morgan fingerprint density at radius 3 is 2.75 bits per heavy atom. The topological polar surface area (TPSA) is 65.5 Å². The molecule has 3 rings (SSSR count). The van der Waals surface area contributed by atoms with E-state index in [-0.39, 0.29) is 12.1 Å². The number of benzene rings is 1. The summed E-state index contributed by atoms with van der Waals surface area (Å²) in [6, 6.07) is 8.05.